The van der Waals surface area contributed by atoms with E-state index < -0.39 is 28.5 Å². The molecule has 3 aromatic rings. The summed E-state index contributed by atoms with van der Waals surface area (Å²) in [5, 5.41) is 3.37. The van der Waals surface area contributed by atoms with Gasteiger partial charge < -0.3 is 15.0 Å². The lowest BCUT2D eigenvalue weighted by molar-refractivity contribution is -0.139. The standard InChI is InChI=1S/C28H31Cl2N3O5S/c1-5-31-28(35)20(3)32(17-21-12-13-23(29)24(30)16-21)27(34)18-33(25-15-19(2)11-14-26(25)38-4)39(36,37)22-9-7-6-8-10-22/h6-16,20H,5,17-18H2,1-4H3,(H,31,35). The van der Waals surface area contributed by atoms with Gasteiger partial charge in [0.15, 0.2) is 0 Å². The molecule has 0 aliphatic carbocycles. The van der Waals surface area contributed by atoms with Crippen molar-refractivity contribution in [2.75, 3.05) is 24.5 Å². The van der Waals surface area contributed by atoms with Crippen LogP contribution in [0.3, 0.4) is 0 Å². The normalized spacial score (nSPS) is 11.9. The zero-order valence-electron chi connectivity index (χ0n) is 22.1. The van der Waals surface area contributed by atoms with Gasteiger partial charge in [0.25, 0.3) is 10.0 Å². The van der Waals surface area contributed by atoms with Crippen LogP contribution in [0.1, 0.15) is 25.0 Å². The molecule has 0 radical (unpaired) electrons. The number of benzene rings is 3. The highest BCUT2D eigenvalue weighted by atomic mass is 35.5. The maximum absolute atomic E-state index is 13.9. The van der Waals surface area contributed by atoms with Crippen LogP contribution in [0.5, 0.6) is 5.75 Å². The van der Waals surface area contributed by atoms with Crippen molar-refractivity contribution in [2.45, 2.75) is 38.3 Å². The molecule has 0 saturated heterocycles. The fourth-order valence-corrected chi connectivity index (χ4v) is 5.73. The van der Waals surface area contributed by atoms with E-state index in [0.29, 0.717) is 22.2 Å². The monoisotopic (exact) mass is 591 g/mol. The van der Waals surface area contributed by atoms with E-state index in [-0.39, 0.29) is 28.8 Å². The van der Waals surface area contributed by atoms with Gasteiger partial charge in [0, 0.05) is 13.1 Å². The van der Waals surface area contributed by atoms with Gasteiger partial charge in [0.1, 0.15) is 18.3 Å². The van der Waals surface area contributed by atoms with Crippen molar-refractivity contribution >= 4 is 50.7 Å². The average Bonchev–Trinajstić information content (AvgIpc) is 2.92. The number of methoxy groups -OCH3 is 1. The molecule has 39 heavy (non-hydrogen) atoms. The number of hydrogen-bond donors (Lipinski definition) is 1. The van der Waals surface area contributed by atoms with Gasteiger partial charge in [-0.05, 0) is 68.3 Å². The number of aryl methyl sites for hydroxylation is 1. The van der Waals surface area contributed by atoms with Crippen LogP contribution >= 0.6 is 23.2 Å². The van der Waals surface area contributed by atoms with Crippen molar-refractivity contribution in [1.29, 1.82) is 0 Å². The van der Waals surface area contributed by atoms with Gasteiger partial charge in [-0.2, -0.15) is 0 Å². The third-order valence-corrected chi connectivity index (χ3v) is 8.58. The van der Waals surface area contributed by atoms with E-state index in [9.17, 15) is 18.0 Å². The number of nitrogens with one attached hydrogen (secondary N) is 1. The van der Waals surface area contributed by atoms with Crippen molar-refractivity contribution in [3.8, 4) is 5.75 Å². The minimum absolute atomic E-state index is 0.00179. The Balaban J connectivity index is 2.10. The molecule has 0 saturated carbocycles. The summed E-state index contributed by atoms with van der Waals surface area (Å²) in [5.41, 5.74) is 1.60. The van der Waals surface area contributed by atoms with Crippen LogP contribution in [0.4, 0.5) is 5.69 Å². The minimum atomic E-state index is -4.21. The Kier molecular flexibility index (Phi) is 10.2. The summed E-state index contributed by atoms with van der Waals surface area (Å²) in [6, 6.07) is 16.9. The average molecular weight is 593 g/mol. The molecule has 1 unspecified atom stereocenters. The SMILES string of the molecule is CCNC(=O)C(C)N(Cc1ccc(Cl)c(Cl)c1)C(=O)CN(c1cc(C)ccc1OC)S(=O)(=O)c1ccccc1. The molecule has 0 heterocycles. The first-order valence-electron chi connectivity index (χ1n) is 12.2. The molecule has 2 amide bonds. The first-order chi connectivity index (χ1) is 18.5. The Hall–Kier alpha value is -3.27. The summed E-state index contributed by atoms with van der Waals surface area (Å²) in [6.45, 7) is 4.96. The Morgan fingerprint density at radius 3 is 2.31 bits per heavy atom. The zero-order valence-corrected chi connectivity index (χ0v) is 24.5. The number of carbonyl (C=O) groups is 2. The molecule has 0 bridgehead atoms. The summed E-state index contributed by atoms with van der Waals surface area (Å²) in [5.74, 6) is -0.694. The topological polar surface area (TPSA) is 96.0 Å². The highest BCUT2D eigenvalue weighted by Crippen LogP contribution is 2.34. The van der Waals surface area contributed by atoms with Crippen LogP contribution in [0.25, 0.3) is 0 Å². The second-order valence-corrected chi connectivity index (χ2v) is 11.5. The first kappa shape index (κ1) is 30.3. The van der Waals surface area contributed by atoms with Gasteiger partial charge in [0.05, 0.1) is 27.7 Å². The van der Waals surface area contributed by atoms with E-state index in [4.69, 9.17) is 27.9 Å². The van der Waals surface area contributed by atoms with Crippen molar-refractivity contribution in [3.05, 3.63) is 87.9 Å². The zero-order chi connectivity index (χ0) is 28.7. The lowest BCUT2D eigenvalue weighted by atomic mass is 10.1. The van der Waals surface area contributed by atoms with Crippen LogP contribution in [0.15, 0.2) is 71.6 Å². The predicted octanol–water partition coefficient (Wildman–Crippen LogP) is 5.06. The molecule has 0 aliphatic heterocycles. The fourth-order valence-electron chi connectivity index (χ4n) is 3.97. The molecule has 0 aromatic heterocycles. The highest BCUT2D eigenvalue weighted by molar-refractivity contribution is 7.92. The Morgan fingerprint density at radius 1 is 1.00 bits per heavy atom. The second kappa shape index (κ2) is 13.2. The van der Waals surface area contributed by atoms with Gasteiger partial charge in [0.2, 0.25) is 11.8 Å². The number of ether oxygens (including phenoxy) is 1. The number of rotatable bonds is 11. The minimum Gasteiger partial charge on any atom is -0.495 e. The fraction of sp³-hybridized carbons (Fsp3) is 0.286. The Morgan fingerprint density at radius 2 is 1.69 bits per heavy atom. The van der Waals surface area contributed by atoms with Crippen molar-refractivity contribution in [2.24, 2.45) is 0 Å². The van der Waals surface area contributed by atoms with Crippen LogP contribution in [0.2, 0.25) is 10.0 Å². The number of nitrogens with zero attached hydrogens (tertiary/aromatic N) is 2. The van der Waals surface area contributed by atoms with Crippen LogP contribution in [-0.2, 0) is 26.2 Å². The molecule has 0 spiro atoms. The van der Waals surface area contributed by atoms with Crippen LogP contribution in [0, 0.1) is 6.92 Å². The molecule has 1 atom stereocenters. The van der Waals surface area contributed by atoms with Gasteiger partial charge in [-0.3, -0.25) is 13.9 Å². The number of likely N-dealkylation sites (N-methyl/N-ethyl adjacent to an activating group) is 1. The van der Waals surface area contributed by atoms with Crippen molar-refractivity contribution in [1.82, 2.24) is 10.2 Å². The third kappa shape index (κ3) is 7.23. The van der Waals surface area contributed by atoms with E-state index >= 15 is 0 Å². The van der Waals surface area contributed by atoms with Crippen molar-refractivity contribution in [3.63, 3.8) is 0 Å². The lowest BCUT2D eigenvalue weighted by Gasteiger charge is -2.32. The smallest absolute Gasteiger partial charge is 0.264 e. The summed E-state index contributed by atoms with van der Waals surface area (Å²) >= 11 is 12.3. The molecule has 3 aromatic carbocycles. The van der Waals surface area contributed by atoms with Crippen LogP contribution < -0.4 is 14.4 Å². The largest absolute Gasteiger partial charge is 0.495 e. The van der Waals surface area contributed by atoms with Gasteiger partial charge in [-0.25, -0.2) is 8.42 Å². The molecule has 11 heteroatoms. The Labute approximate surface area is 239 Å². The molecular formula is C28H31Cl2N3O5S. The molecule has 208 valence electrons. The first-order valence-corrected chi connectivity index (χ1v) is 14.4. The van der Waals surface area contributed by atoms with E-state index in [1.807, 2.05) is 6.92 Å². The summed E-state index contributed by atoms with van der Waals surface area (Å²) in [4.78, 5) is 28.1. The number of anilines is 1. The predicted molar refractivity (Wildman–Crippen MR) is 154 cm³/mol. The number of carbonyl (C=O) groups excluding carboxylic acids is 2. The maximum atomic E-state index is 13.9. The second-order valence-electron chi connectivity index (χ2n) is 8.84. The number of amides is 2. The summed E-state index contributed by atoms with van der Waals surface area (Å²) in [7, 11) is -2.78. The van der Waals surface area contributed by atoms with Crippen molar-refractivity contribution < 1.29 is 22.7 Å². The Bertz CT molecular complexity index is 1430. The number of halogens is 2. The van der Waals surface area contributed by atoms with Gasteiger partial charge >= 0.3 is 0 Å². The quantitative estimate of drug-likeness (QED) is 0.336. The molecule has 0 fully saturated rings. The molecule has 8 nitrogen and oxygen atoms in total. The summed E-state index contributed by atoms with van der Waals surface area (Å²) < 4.78 is 34.3. The highest BCUT2D eigenvalue weighted by Gasteiger charge is 2.33. The van der Waals surface area contributed by atoms with E-state index in [1.54, 1.807) is 68.4 Å². The number of sulfonamides is 1. The lowest BCUT2D eigenvalue weighted by Crippen LogP contribution is -2.51. The molecule has 1 N–H and O–H groups in total. The van der Waals surface area contributed by atoms with Gasteiger partial charge in [-0.1, -0.05) is 53.5 Å². The van der Waals surface area contributed by atoms with E-state index in [0.717, 1.165) is 9.87 Å². The maximum Gasteiger partial charge on any atom is 0.264 e. The number of hydrogen-bond acceptors (Lipinski definition) is 5. The molecule has 0 aliphatic rings. The van der Waals surface area contributed by atoms with E-state index in [2.05, 4.69) is 5.32 Å². The molecular weight excluding hydrogens is 561 g/mol. The third-order valence-electron chi connectivity index (χ3n) is 6.07. The molecule has 3 rings (SSSR count). The summed E-state index contributed by atoms with van der Waals surface area (Å²) in [6.07, 6.45) is 0. The van der Waals surface area contributed by atoms with E-state index in [1.165, 1.54) is 24.1 Å². The van der Waals surface area contributed by atoms with Gasteiger partial charge in [-0.15, -0.1) is 0 Å². The van der Waals surface area contributed by atoms with Crippen LogP contribution in [-0.4, -0.2) is 51.4 Å².